The molecule has 0 aliphatic rings. The maximum absolute atomic E-state index is 11.1. The molecule has 0 aliphatic carbocycles. The monoisotopic (exact) mass is 312 g/mol. The second-order valence-electron chi connectivity index (χ2n) is 4.07. The van der Waals surface area contributed by atoms with Gasteiger partial charge in [0.15, 0.2) is 0 Å². The summed E-state index contributed by atoms with van der Waals surface area (Å²) in [5.41, 5.74) is 0. The first-order valence-electron chi connectivity index (χ1n) is 5.91. The maximum atomic E-state index is 11.1. The van der Waals surface area contributed by atoms with Crippen molar-refractivity contribution in [2.24, 2.45) is 5.92 Å². The number of carbonyl (C=O) groups excluding carboxylic acids is 1. The molecule has 5 N–H and O–H groups in total. The molecule has 1 amide bonds. The Kier molecular flexibility index (Phi) is 13.2. The molecule has 118 valence electrons. The van der Waals surface area contributed by atoms with E-state index in [4.69, 9.17) is 36.5 Å². The summed E-state index contributed by atoms with van der Waals surface area (Å²) >= 11 is 5.40. The molecule has 0 aliphatic heterocycles. The van der Waals surface area contributed by atoms with E-state index in [1.54, 1.807) is 0 Å². The van der Waals surface area contributed by atoms with Crippen LogP contribution in [0.2, 0.25) is 0 Å². The quantitative estimate of drug-likeness (QED) is 0.233. The van der Waals surface area contributed by atoms with Gasteiger partial charge in [0.25, 0.3) is 0 Å². The Morgan fingerprint density at radius 2 is 1.60 bits per heavy atom. The van der Waals surface area contributed by atoms with Crippen molar-refractivity contribution in [1.82, 2.24) is 10.6 Å². The summed E-state index contributed by atoms with van der Waals surface area (Å²) < 4.78 is 0. The Bertz CT molecular complexity index is 299. The van der Waals surface area contributed by atoms with Crippen LogP contribution in [-0.4, -0.2) is 64.8 Å². The highest BCUT2D eigenvalue weighted by Gasteiger charge is 2.05. The molecule has 0 fully saturated rings. The zero-order chi connectivity index (χ0) is 16.1. The van der Waals surface area contributed by atoms with Gasteiger partial charge in [0, 0.05) is 31.4 Å². The van der Waals surface area contributed by atoms with Crippen LogP contribution in [0.5, 0.6) is 0 Å². The molecule has 0 radical (unpaired) electrons. The lowest BCUT2D eigenvalue weighted by molar-refractivity contribution is -0.159. The maximum Gasteiger partial charge on any atom is 0.414 e. The highest BCUT2D eigenvalue weighted by molar-refractivity contribution is 6.27. The first-order valence-corrected chi connectivity index (χ1v) is 6.44. The number of aliphatic hydroxyl groups is 1. The smallest absolute Gasteiger partial charge is 0.414 e. The Morgan fingerprint density at radius 1 is 1.10 bits per heavy atom. The second-order valence-corrected chi connectivity index (χ2v) is 4.38. The summed E-state index contributed by atoms with van der Waals surface area (Å²) in [7, 11) is 0. The molecule has 8 nitrogen and oxygen atoms in total. The minimum atomic E-state index is -1.82. The van der Waals surface area contributed by atoms with Crippen LogP contribution in [-0.2, 0) is 14.4 Å². The lowest BCUT2D eigenvalue weighted by atomic mass is 10.2. The van der Waals surface area contributed by atoms with Crippen LogP contribution in [0.4, 0.5) is 0 Å². The van der Waals surface area contributed by atoms with Gasteiger partial charge in [-0.2, -0.15) is 0 Å². The largest absolute Gasteiger partial charge is 0.473 e. The average Bonchev–Trinajstić information content (AvgIpc) is 2.38. The van der Waals surface area contributed by atoms with Crippen LogP contribution in [0.15, 0.2) is 0 Å². The van der Waals surface area contributed by atoms with Crippen LogP contribution in [0.3, 0.4) is 0 Å². The van der Waals surface area contributed by atoms with Crippen molar-refractivity contribution in [1.29, 1.82) is 0 Å². The first-order chi connectivity index (χ1) is 9.22. The van der Waals surface area contributed by atoms with Gasteiger partial charge in [0.2, 0.25) is 5.91 Å². The Hall–Kier alpha value is -1.38. The number of hydrogen-bond donors (Lipinski definition) is 5. The summed E-state index contributed by atoms with van der Waals surface area (Å²) in [6, 6.07) is 0. The van der Waals surface area contributed by atoms with Gasteiger partial charge >= 0.3 is 11.9 Å². The third-order valence-corrected chi connectivity index (χ3v) is 2.22. The number of rotatable bonds is 7. The predicted molar refractivity (Wildman–Crippen MR) is 72.7 cm³/mol. The van der Waals surface area contributed by atoms with Gasteiger partial charge in [-0.1, -0.05) is 13.8 Å². The van der Waals surface area contributed by atoms with Crippen LogP contribution < -0.4 is 10.6 Å². The van der Waals surface area contributed by atoms with E-state index in [1.807, 2.05) is 13.8 Å². The van der Waals surface area contributed by atoms with E-state index >= 15 is 0 Å². The average molecular weight is 313 g/mol. The molecule has 0 bridgehead atoms. The van der Waals surface area contributed by atoms with E-state index in [0.29, 0.717) is 19.6 Å². The third-order valence-electron chi connectivity index (χ3n) is 1.87. The summed E-state index contributed by atoms with van der Waals surface area (Å²) in [5, 5.41) is 29.6. The van der Waals surface area contributed by atoms with E-state index in [9.17, 15) is 4.79 Å². The highest BCUT2D eigenvalue weighted by atomic mass is 35.5. The van der Waals surface area contributed by atoms with E-state index < -0.39 is 18.0 Å². The van der Waals surface area contributed by atoms with Crippen LogP contribution in [0.1, 0.15) is 13.8 Å². The molecule has 1 unspecified atom stereocenters. The van der Waals surface area contributed by atoms with Crippen LogP contribution >= 0.6 is 11.6 Å². The third kappa shape index (κ3) is 14.7. The summed E-state index contributed by atoms with van der Waals surface area (Å²) in [6.07, 6.45) is -0.516. The molecule has 0 heterocycles. The van der Waals surface area contributed by atoms with Crippen molar-refractivity contribution in [2.45, 2.75) is 20.0 Å². The molecule has 0 aromatic heterocycles. The van der Waals surface area contributed by atoms with Crippen molar-refractivity contribution in [2.75, 3.05) is 25.5 Å². The van der Waals surface area contributed by atoms with E-state index in [0.717, 1.165) is 0 Å². The Morgan fingerprint density at radius 3 is 1.95 bits per heavy atom. The number of carbonyl (C=O) groups is 3. The van der Waals surface area contributed by atoms with Crippen molar-refractivity contribution >= 4 is 29.4 Å². The number of aliphatic carboxylic acids is 2. The van der Waals surface area contributed by atoms with E-state index in [2.05, 4.69) is 10.6 Å². The molecule has 0 aromatic rings. The van der Waals surface area contributed by atoms with Crippen molar-refractivity contribution < 1.29 is 29.7 Å². The lowest BCUT2D eigenvalue weighted by Crippen LogP contribution is -2.37. The molecule has 1 atom stereocenters. The van der Waals surface area contributed by atoms with Gasteiger partial charge in [0.1, 0.15) is 0 Å². The molecule has 0 saturated heterocycles. The zero-order valence-electron chi connectivity index (χ0n) is 11.4. The first kappa shape index (κ1) is 20.9. The number of amides is 1. The van der Waals surface area contributed by atoms with Gasteiger partial charge < -0.3 is 26.0 Å². The highest BCUT2D eigenvalue weighted by Crippen LogP contribution is 1.89. The molecular formula is C11H21ClN2O6. The summed E-state index contributed by atoms with van der Waals surface area (Å²) in [4.78, 5) is 29.3. The van der Waals surface area contributed by atoms with Gasteiger partial charge in [-0.15, -0.1) is 11.6 Å². The molecular weight excluding hydrogens is 292 g/mol. The van der Waals surface area contributed by atoms with Gasteiger partial charge in [-0.3, -0.25) is 4.79 Å². The van der Waals surface area contributed by atoms with Gasteiger partial charge in [-0.05, 0) is 0 Å². The normalized spacial score (nSPS) is 11.2. The molecule has 0 spiro atoms. The minimum absolute atomic E-state index is 0.0171. The van der Waals surface area contributed by atoms with Crippen molar-refractivity contribution in [3.05, 3.63) is 0 Å². The molecule has 0 aromatic carbocycles. The fraction of sp³-hybridized carbons (Fsp3) is 0.727. The number of alkyl halides is 1. The van der Waals surface area contributed by atoms with E-state index in [1.165, 1.54) is 0 Å². The number of halogens is 1. The topological polar surface area (TPSA) is 136 Å². The summed E-state index contributed by atoms with van der Waals surface area (Å²) in [6.45, 7) is 5.37. The van der Waals surface area contributed by atoms with Gasteiger partial charge in [0.05, 0.1) is 6.10 Å². The van der Waals surface area contributed by atoms with Gasteiger partial charge in [-0.25, -0.2) is 9.59 Å². The van der Waals surface area contributed by atoms with Crippen molar-refractivity contribution in [3.63, 3.8) is 0 Å². The second kappa shape index (κ2) is 12.6. The number of nitrogens with one attached hydrogen (secondary N) is 2. The minimum Gasteiger partial charge on any atom is -0.473 e. The molecule has 20 heavy (non-hydrogen) atoms. The fourth-order valence-corrected chi connectivity index (χ4v) is 0.911. The standard InChI is InChI=1S/C9H19ClN2O2.C2H2O4/c1-7(2)9(14)12-4-3-11-6-8(13)5-10;3-1(4)2(5)6/h7-8,11,13H,3-6H2,1-2H3,(H,12,14);(H,3,4)(H,5,6). The van der Waals surface area contributed by atoms with Crippen LogP contribution in [0.25, 0.3) is 0 Å². The Balaban J connectivity index is 0. The SMILES string of the molecule is CC(C)C(=O)NCCNCC(O)CCl.O=C(O)C(=O)O. The molecule has 0 saturated carbocycles. The molecule has 0 rings (SSSR count). The van der Waals surface area contributed by atoms with E-state index in [-0.39, 0.29) is 17.7 Å². The fourth-order valence-electron chi connectivity index (χ4n) is 0.801. The summed E-state index contributed by atoms with van der Waals surface area (Å²) in [5.74, 6) is -3.36. The zero-order valence-corrected chi connectivity index (χ0v) is 12.2. The van der Waals surface area contributed by atoms with Crippen molar-refractivity contribution in [3.8, 4) is 0 Å². The lowest BCUT2D eigenvalue weighted by Gasteiger charge is -2.10. The number of carboxylic acid groups (broad SMARTS) is 2. The number of hydrogen-bond acceptors (Lipinski definition) is 5. The number of aliphatic hydroxyl groups excluding tert-OH is 1. The molecule has 9 heteroatoms. The number of carboxylic acids is 2. The van der Waals surface area contributed by atoms with Crippen LogP contribution in [0, 0.1) is 5.92 Å². The predicted octanol–water partition coefficient (Wildman–Crippen LogP) is -0.896. The Labute approximate surface area is 122 Å².